The molecule has 0 aliphatic carbocycles. The third-order valence-corrected chi connectivity index (χ3v) is 3.21. The quantitative estimate of drug-likeness (QED) is 0.364. The zero-order valence-electron chi connectivity index (χ0n) is 12.3. The van der Waals surface area contributed by atoms with Gasteiger partial charge in [-0.25, -0.2) is 0 Å². The van der Waals surface area contributed by atoms with Crippen LogP contribution in [-0.2, 0) is 0 Å². The predicted molar refractivity (Wildman–Crippen MR) is 84.2 cm³/mol. The Kier molecular flexibility index (Phi) is 4.68. The molecule has 2 rings (SSSR count). The van der Waals surface area contributed by atoms with Crippen molar-refractivity contribution in [1.29, 1.82) is 0 Å². The molecule has 0 unspecified atom stereocenters. The first kappa shape index (κ1) is 15.4. The molecule has 0 amide bonds. The number of carbonyl (C=O) groups is 1. The zero-order chi connectivity index (χ0) is 16.1. The smallest absolute Gasteiger partial charge is 0.273 e. The van der Waals surface area contributed by atoms with Crippen LogP contribution in [0, 0.1) is 17.0 Å². The summed E-state index contributed by atoms with van der Waals surface area (Å²) in [5.74, 6) is 0.409. The molecule has 2 aromatic rings. The molecule has 0 aliphatic heterocycles. The fraction of sp³-hybridized carbons (Fsp3) is 0.118. The summed E-state index contributed by atoms with van der Waals surface area (Å²) in [6.45, 7) is 1.64. The molecule has 5 nitrogen and oxygen atoms in total. The third-order valence-electron chi connectivity index (χ3n) is 3.21. The number of ketones is 1. The number of rotatable bonds is 5. The van der Waals surface area contributed by atoms with Crippen molar-refractivity contribution in [3.63, 3.8) is 0 Å². The lowest BCUT2D eigenvalue weighted by molar-refractivity contribution is -0.385. The largest absolute Gasteiger partial charge is 0.497 e. The first-order chi connectivity index (χ1) is 10.5. The number of hydrogen-bond acceptors (Lipinski definition) is 4. The highest BCUT2D eigenvalue weighted by Crippen LogP contribution is 2.20. The molecule has 0 N–H and O–H groups in total. The summed E-state index contributed by atoms with van der Waals surface area (Å²) in [5.41, 5.74) is 1.57. The van der Waals surface area contributed by atoms with Crippen molar-refractivity contribution in [2.24, 2.45) is 0 Å². The van der Waals surface area contributed by atoms with Crippen molar-refractivity contribution < 1.29 is 14.5 Å². The van der Waals surface area contributed by atoms with Crippen molar-refractivity contribution in [2.45, 2.75) is 6.92 Å². The second-order valence-electron chi connectivity index (χ2n) is 4.73. The lowest BCUT2D eigenvalue weighted by atomic mass is 10.1. The van der Waals surface area contributed by atoms with Gasteiger partial charge in [-0.3, -0.25) is 14.9 Å². The van der Waals surface area contributed by atoms with Gasteiger partial charge in [0.2, 0.25) is 0 Å². The Balaban J connectivity index is 2.23. The summed E-state index contributed by atoms with van der Waals surface area (Å²) in [4.78, 5) is 22.5. The Hall–Kier alpha value is -2.95. The first-order valence-electron chi connectivity index (χ1n) is 6.63. The second-order valence-corrected chi connectivity index (χ2v) is 4.73. The molecular formula is C17H15NO4. The molecule has 0 atom stereocenters. The number of nitro benzene ring substituents is 1. The highest BCUT2D eigenvalue weighted by atomic mass is 16.6. The van der Waals surface area contributed by atoms with Crippen molar-refractivity contribution in [1.82, 2.24) is 0 Å². The highest BCUT2D eigenvalue weighted by molar-refractivity contribution is 6.07. The van der Waals surface area contributed by atoms with Crippen molar-refractivity contribution >= 4 is 17.5 Å². The van der Waals surface area contributed by atoms with Gasteiger partial charge in [0, 0.05) is 17.2 Å². The number of nitrogens with zero attached hydrogens (tertiary/aromatic N) is 1. The van der Waals surface area contributed by atoms with Gasteiger partial charge in [-0.2, -0.15) is 0 Å². The van der Waals surface area contributed by atoms with Gasteiger partial charge in [0.1, 0.15) is 5.75 Å². The van der Waals surface area contributed by atoms with Crippen LogP contribution < -0.4 is 4.74 Å². The molecule has 5 heteroatoms. The van der Waals surface area contributed by atoms with E-state index in [1.54, 1.807) is 38.3 Å². The molecule has 0 radical (unpaired) electrons. The van der Waals surface area contributed by atoms with Gasteiger partial charge in [0.25, 0.3) is 5.69 Å². The average molecular weight is 297 g/mol. The normalized spacial score (nSPS) is 10.6. The summed E-state index contributed by atoms with van der Waals surface area (Å²) >= 11 is 0. The van der Waals surface area contributed by atoms with Crippen LogP contribution in [0.25, 0.3) is 6.08 Å². The Labute approximate surface area is 128 Å². The van der Waals surface area contributed by atoms with E-state index >= 15 is 0 Å². The van der Waals surface area contributed by atoms with Crippen LogP contribution >= 0.6 is 0 Å². The Morgan fingerprint density at radius 1 is 1.23 bits per heavy atom. The molecule has 0 heterocycles. The van der Waals surface area contributed by atoms with E-state index < -0.39 is 4.92 Å². The molecule has 0 bridgehead atoms. The number of carbonyl (C=O) groups excluding carboxylic acids is 1. The molecule has 22 heavy (non-hydrogen) atoms. The van der Waals surface area contributed by atoms with Gasteiger partial charge in [-0.1, -0.05) is 30.3 Å². The minimum Gasteiger partial charge on any atom is -0.497 e. The average Bonchev–Trinajstić information content (AvgIpc) is 2.53. The van der Waals surface area contributed by atoms with Crippen LogP contribution in [0.15, 0.2) is 48.5 Å². The van der Waals surface area contributed by atoms with E-state index in [-0.39, 0.29) is 17.0 Å². The van der Waals surface area contributed by atoms with Crippen LogP contribution in [-0.4, -0.2) is 17.8 Å². The number of aryl methyl sites for hydroxylation is 1. The number of hydrogen-bond donors (Lipinski definition) is 0. The summed E-state index contributed by atoms with van der Waals surface area (Å²) in [5, 5.41) is 10.9. The molecule has 0 fully saturated rings. The van der Waals surface area contributed by atoms with Crippen LogP contribution in [0.5, 0.6) is 5.75 Å². The molecule has 0 aliphatic rings. The number of nitro groups is 1. The number of ether oxygens (including phenoxy) is 1. The number of methoxy groups -OCH3 is 1. The minimum atomic E-state index is -0.488. The van der Waals surface area contributed by atoms with E-state index in [4.69, 9.17) is 4.74 Å². The minimum absolute atomic E-state index is 0.0550. The fourth-order valence-electron chi connectivity index (χ4n) is 1.97. The van der Waals surface area contributed by atoms with E-state index in [0.29, 0.717) is 11.3 Å². The van der Waals surface area contributed by atoms with E-state index in [9.17, 15) is 14.9 Å². The van der Waals surface area contributed by atoms with Crippen molar-refractivity contribution in [3.8, 4) is 5.75 Å². The molecule has 0 saturated carbocycles. The maximum Gasteiger partial charge on any atom is 0.273 e. The van der Waals surface area contributed by atoms with Crippen molar-refractivity contribution in [2.75, 3.05) is 7.11 Å². The SMILES string of the molecule is COc1cccc(C=CC(=O)c2ccc(C)c([N+](=O)[O-])c2)c1. The van der Waals surface area contributed by atoms with E-state index in [1.807, 2.05) is 18.2 Å². The predicted octanol–water partition coefficient (Wildman–Crippen LogP) is 3.81. The molecule has 0 spiro atoms. The molecule has 0 aromatic heterocycles. The van der Waals surface area contributed by atoms with Gasteiger partial charge in [0.15, 0.2) is 5.78 Å². The maximum absolute atomic E-state index is 12.1. The first-order valence-corrected chi connectivity index (χ1v) is 6.63. The van der Waals surface area contributed by atoms with Crippen LogP contribution in [0.4, 0.5) is 5.69 Å². The molecule has 112 valence electrons. The van der Waals surface area contributed by atoms with Gasteiger partial charge >= 0.3 is 0 Å². The molecule has 2 aromatic carbocycles. The third kappa shape index (κ3) is 3.58. The molecule has 0 saturated heterocycles. The zero-order valence-corrected chi connectivity index (χ0v) is 12.3. The van der Waals surface area contributed by atoms with E-state index in [0.717, 1.165) is 5.56 Å². The fourth-order valence-corrected chi connectivity index (χ4v) is 1.97. The Bertz CT molecular complexity index is 750. The van der Waals surface area contributed by atoms with Gasteiger partial charge in [0.05, 0.1) is 12.0 Å². The van der Waals surface area contributed by atoms with Crippen LogP contribution in [0.1, 0.15) is 21.5 Å². The van der Waals surface area contributed by atoms with E-state index in [2.05, 4.69) is 0 Å². The van der Waals surface area contributed by atoms with Gasteiger partial charge in [-0.15, -0.1) is 0 Å². The number of benzene rings is 2. The van der Waals surface area contributed by atoms with Gasteiger partial charge < -0.3 is 4.74 Å². The van der Waals surface area contributed by atoms with Crippen LogP contribution in [0.3, 0.4) is 0 Å². The van der Waals surface area contributed by atoms with E-state index in [1.165, 1.54) is 12.1 Å². The van der Waals surface area contributed by atoms with Gasteiger partial charge in [-0.05, 0) is 30.7 Å². The molecular weight excluding hydrogens is 282 g/mol. The number of allylic oxidation sites excluding steroid dienone is 1. The van der Waals surface area contributed by atoms with Crippen LogP contribution in [0.2, 0.25) is 0 Å². The topological polar surface area (TPSA) is 69.4 Å². The highest BCUT2D eigenvalue weighted by Gasteiger charge is 2.13. The monoisotopic (exact) mass is 297 g/mol. The maximum atomic E-state index is 12.1. The standard InChI is InChI=1S/C17H15NO4/c1-12-6-8-14(11-16(12)18(20)21)17(19)9-7-13-4-3-5-15(10-13)22-2/h3-11H,1-2H3. The summed E-state index contributed by atoms with van der Waals surface area (Å²) in [6, 6.07) is 11.7. The Morgan fingerprint density at radius 2 is 2.00 bits per heavy atom. The Morgan fingerprint density at radius 3 is 2.68 bits per heavy atom. The summed E-state index contributed by atoms with van der Waals surface area (Å²) in [6.07, 6.45) is 3.04. The summed E-state index contributed by atoms with van der Waals surface area (Å²) < 4.78 is 5.11. The van der Waals surface area contributed by atoms with Crippen molar-refractivity contribution in [3.05, 3.63) is 75.3 Å². The second kappa shape index (κ2) is 6.67. The lowest BCUT2D eigenvalue weighted by Gasteiger charge is -2.01. The summed E-state index contributed by atoms with van der Waals surface area (Å²) in [7, 11) is 1.57. The lowest BCUT2D eigenvalue weighted by Crippen LogP contribution is -1.98.